The van der Waals surface area contributed by atoms with Crippen LogP contribution >= 0.6 is 0 Å². The number of rotatable bonds is 0. The molecule has 0 rings (SSSR count). The Balaban J connectivity index is -0.00000000623. The zero-order valence-corrected chi connectivity index (χ0v) is 30.0. The van der Waals surface area contributed by atoms with Crippen molar-refractivity contribution in [2.45, 2.75) is 0 Å². The van der Waals surface area contributed by atoms with E-state index >= 15 is 0 Å². The summed E-state index contributed by atoms with van der Waals surface area (Å²) in [5, 5.41) is 101. The van der Waals surface area contributed by atoms with Gasteiger partial charge in [-0.25, -0.2) is 0 Å². The van der Waals surface area contributed by atoms with Crippen LogP contribution in [0, 0.1) is 0 Å². The van der Waals surface area contributed by atoms with Gasteiger partial charge in [0.1, 0.15) is 0 Å². The molecule has 0 aliphatic rings. The second kappa shape index (κ2) is 76.9. The van der Waals surface area contributed by atoms with Crippen molar-refractivity contribution in [1.82, 2.24) is 0 Å². The minimum atomic E-state index is -2.92. The third-order valence-electron chi connectivity index (χ3n) is 0. The molecule has 120 valence electrons. The Bertz CT molecular complexity index is 83.0. The first-order valence-electron chi connectivity index (χ1n) is 2.83. The fraction of sp³-hybridized carbons (Fsp3) is 0. The molecule has 0 saturated carbocycles. The Morgan fingerprint density at radius 3 is 0.280 bits per heavy atom. The minimum absolute atomic E-state index is 0. The summed E-state index contributed by atoms with van der Waals surface area (Å²) in [7, 11) is -11.7. The van der Waals surface area contributed by atoms with Gasteiger partial charge in [0.2, 0.25) is 0 Å². The normalized spacial score (nSPS) is 4.32. The van der Waals surface area contributed by atoms with E-state index in [1.165, 1.54) is 0 Å². The summed E-state index contributed by atoms with van der Waals surface area (Å²) >= 11 is 0. The molecule has 0 spiro atoms. The molecule has 0 atom stereocenters. The molecule has 0 heterocycles. The van der Waals surface area contributed by atoms with E-state index in [0.29, 0.717) is 0 Å². The molecule has 0 aromatic rings. The van der Waals surface area contributed by atoms with Crippen molar-refractivity contribution in [3.8, 4) is 0 Å². The Hall–Kier alpha value is 7.88. The molecule has 15 nitrogen and oxygen atoms in total. The van der Waals surface area contributed by atoms with Gasteiger partial charge in [0.15, 0.2) is 0 Å². The van der Waals surface area contributed by atoms with Crippen molar-refractivity contribution < 1.29 is 76.7 Å². The van der Waals surface area contributed by atoms with E-state index in [1.54, 1.807) is 0 Å². The smallest absolute Gasteiger partial charge is 0.907 e. The molecule has 0 aliphatic heterocycles. The third kappa shape index (κ3) is 458. The van der Waals surface area contributed by atoms with Gasteiger partial charge in [0.25, 0.3) is 0 Å². The monoisotopic (exact) mass is 674 g/mol. The van der Waals surface area contributed by atoms with Gasteiger partial charge in [-0.3, -0.25) is 29.3 Å². The molecule has 0 radical (unpaired) electrons. The second-order valence-electron chi connectivity index (χ2n) is 1.15. The maximum absolute atomic E-state index is 8.42. The van der Waals surface area contributed by atoms with Crippen molar-refractivity contribution in [1.29, 1.82) is 0 Å². The van der Waals surface area contributed by atoms with Crippen LogP contribution in [-0.2, 0) is 0 Å². The van der Waals surface area contributed by atoms with Gasteiger partial charge in [-0.05, 0) is 0 Å². The van der Waals surface area contributed by atoms with Crippen LogP contribution in [0.2, 0.25) is 0 Å². The molecule has 0 aromatic heterocycles. The molecular formula is H6B4Ca3O15Sr3. The fourth-order valence-electron chi connectivity index (χ4n) is 0. The second-order valence-corrected chi connectivity index (χ2v) is 1.15. The molecular weight excluding hydrogens is 666 g/mol. The third-order valence-corrected chi connectivity index (χ3v) is 0. The van der Waals surface area contributed by atoms with Crippen LogP contribution in [0.1, 0.15) is 0 Å². The zero-order chi connectivity index (χ0) is 14.3. The molecule has 25 heavy (non-hydrogen) atoms. The standard InChI is InChI=1S/4BO3.3Ca.3H2O.3Sr/c4*2-1(3)4;;;;;;;;;/h;;;;;;;3*1H2;;;/q4*-3;3*+2;;;;3*+2. The Morgan fingerprint density at radius 2 is 0.280 bits per heavy atom. The quantitative estimate of drug-likeness (QED) is 0.216. The van der Waals surface area contributed by atoms with Crippen LogP contribution in [0.3, 0.4) is 0 Å². The van der Waals surface area contributed by atoms with Gasteiger partial charge in [0.05, 0.1) is 0 Å². The van der Waals surface area contributed by atoms with Gasteiger partial charge < -0.3 is 76.7 Å². The first-order chi connectivity index (χ1) is 6.93. The van der Waals surface area contributed by atoms with E-state index in [0.717, 1.165) is 0 Å². The average Bonchev–Trinajstić information content (AvgIpc) is 1.76. The topological polar surface area (TPSA) is 371 Å². The van der Waals surface area contributed by atoms with Crippen LogP contribution in [0.4, 0.5) is 0 Å². The Labute approximate surface area is 346 Å². The van der Waals surface area contributed by atoms with E-state index in [9.17, 15) is 0 Å². The fourth-order valence-corrected chi connectivity index (χ4v) is 0. The number of hydrogen-bond donors (Lipinski definition) is 0. The zero-order valence-electron chi connectivity index (χ0n) is 13.0. The maximum Gasteiger partial charge on any atom is 2.00 e. The van der Waals surface area contributed by atoms with E-state index < -0.39 is 29.3 Å². The first kappa shape index (κ1) is 84.6. The minimum Gasteiger partial charge on any atom is -0.907 e. The van der Waals surface area contributed by atoms with Crippen molar-refractivity contribution in [2.75, 3.05) is 0 Å². The van der Waals surface area contributed by atoms with Crippen molar-refractivity contribution in [3.05, 3.63) is 0 Å². The van der Waals surface area contributed by atoms with Gasteiger partial charge in [0, 0.05) is 0 Å². The molecule has 0 fully saturated rings. The van der Waals surface area contributed by atoms with E-state index in [2.05, 4.69) is 0 Å². The summed E-state index contributed by atoms with van der Waals surface area (Å²) in [6.07, 6.45) is 0. The predicted octanol–water partition coefficient (Wildman–Crippen LogP) is -20.6. The molecule has 0 aliphatic carbocycles. The first-order valence-corrected chi connectivity index (χ1v) is 2.83. The molecule has 0 unspecified atom stereocenters. The summed E-state index contributed by atoms with van der Waals surface area (Å²) in [6.45, 7) is 0. The van der Waals surface area contributed by atoms with Crippen LogP contribution in [0.15, 0.2) is 0 Å². The number of hydrogen-bond acceptors (Lipinski definition) is 12. The molecule has 0 aromatic carbocycles. The summed E-state index contributed by atoms with van der Waals surface area (Å²) in [4.78, 5) is 0. The molecule has 0 saturated heterocycles. The molecule has 0 amide bonds. The summed E-state index contributed by atoms with van der Waals surface area (Å²) < 4.78 is 0. The predicted molar refractivity (Wildman–Crippen MR) is 68.4 cm³/mol. The summed E-state index contributed by atoms with van der Waals surface area (Å²) in [5.41, 5.74) is 0. The molecule has 6 N–H and O–H groups in total. The van der Waals surface area contributed by atoms with Crippen LogP contribution in [-0.4, -0.2) is 295 Å². The van der Waals surface area contributed by atoms with Gasteiger partial charge in [-0.2, -0.15) is 0 Å². The average molecular weight is 672 g/mol. The Kier molecular flexibility index (Phi) is 260. The summed E-state index contributed by atoms with van der Waals surface area (Å²) in [5.74, 6) is 0. The van der Waals surface area contributed by atoms with Crippen LogP contribution in [0.25, 0.3) is 0 Å². The van der Waals surface area contributed by atoms with E-state index in [-0.39, 0.29) is 266 Å². The van der Waals surface area contributed by atoms with E-state index in [1.807, 2.05) is 0 Å². The van der Waals surface area contributed by atoms with Gasteiger partial charge in [-0.15, -0.1) is 0 Å². The van der Waals surface area contributed by atoms with Gasteiger partial charge in [-0.1, -0.05) is 0 Å². The SMILES string of the molecule is O.O.O.[Ca+2].[Ca+2].[Ca+2].[O-]B([O-])[O-].[O-]B([O-])[O-].[O-]B([O-])[O-].[O-]B([O-])[O-].[Sr+2].[Sr+2].[Sr+2]. The maximum atomic E-state index is 8.42. The van der Waals surface area contributed by atoms with E-state index in [4.69, 9.17) is 60.3 Å². The molecule has 0 bridgehead atoms. The Morgan fingerprint density at radius 1 is 0.280 bits per heavy atom. The van der Waals surface area contributed by atoms with Crippen molar-refractivity contribution in [3.63, 3.8) is 0 Å². The van der Waals surface area contributed by atoms with Gasteiger partial charge >= 0.3 is 250 Å². The molecule has 25 heteroatoms. The summed E-state index contributed by atoms with van der Waals surface area (Å²) in [6, 6.07) is 0. The van der Waals surface area contributed by atoms with Crippen LogP contribution < -0.4 is 60.3 Å². The largest absolute Gasteiger partial charge is 2.00 e. The van der Waals surface area contributed by atoms with Crippen LogP contribution in [0.5, 0.6) is 0 Å². The van der Waals surface area contributed by atoms with Crippen molar-refractivity contribution >= 4 is 279 Å². The van der Waals surface area contributed by atoms with Crippen molar-refractivity contribution in [2.24, 2.45) is 0 Å².